The number of benzene rings is 2. The molecule has 2 heterocycles. The van der Waals surface area contributed by atoms with Gasteiger partial charge in [0.1, 0.15) is 12.4 Å². The average molecular weight is 319 g/mol. The van der Waals surface area contributed by atoms with Crippen molar-refractivity contribution in [2.75, 3.05) is 0 Å². The summed E-state index contributed by atoms with van der Waals surface area (Å²) in [7, 11) is 0. The molecule has 6 nitrogen and oxygen atoms in total. The molecule has 24 heavy (non-hydrogen) atoms. The number of aromatic nitrogens is 3. The summed E-state index contributed by atoms with van der Waals surface area (Å²) in [6.45, 7) is -0.0988. The number of esters is 1. The molecular formula is C18H13N3O3. The van der Waals surface area contributed by atoms with Crippen molar-refractivity contribution in [3.63, 3.8) is 0 Å². The van der Waals surface area contributed by atoms with E-state index < -0.39 is 5.97 Å². The Morgan fingerprint density at radius 1 is 1.04 bits per heavy atom. The topological polar surface area (TPSA) is 87.8 Å². The number of nitrogens with zero attached hydrogens (tertiary/aromatic N) is 1. The third-order valence-corrected chi connectivity index (χ3v) is 3.81. The van der Waals surface area contributed by atoms with Gasteiger partial charge in [0.2, 0.25) is 0 Å². The molecule has 0 atom stereocenters. The van der Waals surface area contributed by atoms with Gasteiger partial charge in [0.25, 0.3) is 5.56 Å². The molecule has 0 aliphatic carbocycles. The van der Waals surface area contributed by atoms with Gasteiger partial charge in [-0.05, 0) is 18.2 Å². The molecule has 0 unspecified atom stereocenters. The van der Waals surface area contributed by atoms with Crippen LogP contribution < -0.4 is 5.56 Å². The lowest BCUT2D eigenvalue weighted by Gasteiger charge is -2.05. The number of para-hydroxylation sites is 2. The lowest BCUT2D eigenvalue weighted by atomic mass is 10.2. The first kappa shape index (κ1) is 14.2. The largest absolute Gasteiger partial charge is 0.454 e. The predicted octanol–water partition coefficient (Wildman–Crippen LogP) is 2.76. The summed E-state index contributed by atoms with van der Waals surface area (Å²) < 4.78 is 5.29. The Bertz CT molecular complexity index is 1110. The maximum absolute atomic E-state index is 12.3. The average Bonchev–Trinajstić information content (AvgIpc) is 3.04. The van der Waals surface area contributed by atoms with Crippen LogP contribution in [0.5, 0.6) is 0 Å². The number of carbonyl (C=O) groups excluding carboxylic acids is 1. The molecule has 118 valence electrons. The third kappa shape index (κ3) is 2.44. The highest BCUT2D eigenvalue weighted by Crippen LogP contribution is 2.18. The Balaban J connectivity index is 1.58. The van der Waals surface area contributed by atoms with Crippen LogP contribution in [0.3, 0.4) is 0 Å². The molecule has 0 radical (unpaired) electrons. The second kappa shape index (κ2) is 5.66. The molecule has 0 bridgehead atoms. The Morgan fingerprint density at radius 2 is 1.79 bits per heavy atom. The van der Waals surface area contributed by atoms with Crippen LogP contribution in [0.4, 0.5) is 0 Å². The number of fused-ring (bicyclic) bond motifs is 2. The number of rotatable bonds is 3. The maximum Gasteiger partial charge on any atom is 0.340 e. The number of aromatic amines is 2. The highest BCUT2D eigenvalue weighted by molar-refractivity contribution is 6.03. The van der Waals surface area contributed by atoms with Gasteiger partial charge in [-0.25, -0.2) is 9.78 Å². The first-order valence-corrected chi connectivity index (χ1v) is 7.43. The zero-order valence-corrected chi connectivity index (χ0v) is 12.6. The summed E-state index contributed by atoms with van der Waals surface area (Å²) in [4.78, 5) is 34.3. The smallest absolute Gasteiger partial charge is 0.340 e. The van der Waals surface area contributed by atoms with Crippen LogP contribution in [-0.2, 0) is 11.3 Å². The monoisotopic (exact) mass is 319 g/mol. The van der Waals surface area contributed by atoms with Crippen molar-refractivity contribution in [3.8, 4) is 0 Å². The van der Waals surface area contributed by atoms with E-state index in [2.05, 4.69) is 15.0 Å². The quantitative estimate of drug-likeness (QED) is 0.568. The van der Waals surface area contributed by atoms with Gasteiger partial charge < -0.3 is 14.7 Å². The minimum atomic E-state index is -0.469. The van der Waals surface area contributed by atoms with Crippen molar-refractivity contribution in [1.82, 2.24) is 15.0 Å². The van der Waals surface area contributed by atoms with E-state index >= 15 is 0 Å². The van der Waals surface area contributed by atoms with E-state index in [1.54, 1.807) is 30.5 Å². The van der Waals surface area contributed by atoms with E-state index in [-0.39, 0.29) is 12.2 Å². The minimum Gasteiger partial charge on any atom is -0.454 e. The molecule has 0 amide bonds. The SMILES string of the molecule is O=C(OCc1nc2ccccc2c(=O)[nH]1)c1c[nH]c2ccccc12. The standard InChI is InChI=1S/C18H13N3O3/c22-17-12-6-2-4-8-15(12)20-16(21-17)10-24-18(23)13-9-19-14-7-3-1-5-11(13)14/h1-9,19H,10H2,(H,20,21,22). The van der Waals surface area contributed by atoms with Crippen molar-refractivity contribution in [2.24, 2.45) is 0 Å². The molecule has 0 saturated carbocycles. The summed E-state index contributed by atoms with van der Waals surface area (Å²) in [5.41, 5.74) is 1.63. The first-order chi connectivity index (χ1) is 11.7. The van der Waals surface area contributed by atoms with Crippen LogP contribution in [0.1, 0.15) is 16.2 Å². The molecule has 2 N–H and O–H groups in total. The predicted molar refractivity (Wildman–Crippen MR) is 89.8 cm³/mol. The molecule has 2 aromatic heterocycles. The van der Waals surface area contributed by atoms with Gasteiger partial charge in [-0.15, -0.1) is 0 Å². The van der Waals surface area contributed by atoms with Crippen molar-refractivity contribution < 1.29 is 9.53 Å². The van der Waals surface area contributed by atoms with E-state index in [4.69, 9.17) is 4.74 Å². The van der Waals surface area contributed by atoms with E-state index in [9.17, 15) is 9.59 Å². The Kier molecular flexibility index (Phi) is 3.35. The van der Waals surface area contributed by atoms with Crippen molar-refractivity contribution in [2.45, 2.75) is 6.61 Å². The minimum absolute atomic E-state index is 0.0988. The van der Waals surface area contributed by atoms with E-state index in [0.717, 1.165) is 10.9 Å². The highest BCUT2D eigenvalue weighted by Gasteiger charge is 2.14. The first-order valence-electron chi connectivity index (χ1n) is 7.43. The van der Waals surface area contributed by atoms with Crippen molar-refractivity contribution in [1.29, 1.82) is 0 Å². The number of hydrogen-bond acceptors (Lipinski definition) is 4. The number of H-pyrrole nitrogens is 2. The zero-order chi connectivity index (χ0) is 16.5. The van der Waals surface area contributed by atoms with Crippen molar-refractivity contribution in [3.05, 3.63) is 76.5 Å². The second-order valence-corrected chi connectivity index (χ2v) is 5.35. The fourth-order valence-corrected chi connectivity index (χ4v) is 2.66. The normalized spacial score (nSPS) is 11.0. The van der Waals surface area contributed by atoms with E-state index in [1.807, 2.05) is 24.3 Å². The highest BCUT2D eigenvalue weighted by atomic mass is 16.5. The molecule has 0 fully saturated rings. The summed E-state index contributed by atoms with van der Waals surface area (Å²) in [6.07, 6.45) is 1.61. The summed E-state index contributed by atoms with van der Waals surface area (Å²) in [6, 6.07) is 14.5. The van der Waals surface area contributed by atoms with E-state index in [1.165, 1.54) is 0 Å². The molecule has 0 saturated heterocycles. The summed E-state index contributed by atoms with van der Waals surface area (Å²) >= 11 is 0. The molecule has 4 rings (SSSR count). The molecule has 0 aliphatic heterocycles. The Morgan fingerprint density at radius 3 is 2.67 bits per heavy atom. The molecule has 4 aromatic rings. The Labute approximate surface area is 136 Å². The van der Waals surface area contributed by atoms with Gasteiger partial charge in [-0.3, -0.25) is 4.79 Å². The van der Waals surface area contributed by atoms with Gasteiger partial charge in [0.15, 0.2) is 0 Å². The van der Waals surface area contributed by atoms with Crippen LogP contribution in [-0.4, -0.2) is 20.9 Å². The fourth-order valence-electron chi connectivity index (χ4n) is 2.66. The second-order valence-electron chi connectivity index (χ2n) is 5.35. The number of nitrogens with one attached hydrogen (secondary N) is 2. The number of carbonyl (C=O) groups is 1. The summed E-state index contributed by atoms with van der Waals surface area (Å²) in [5, 5.41) is 1.30. The van der Waals surface area contributed by atoms with Gasteiger partial charge in [0.05, 0.1) is 16.5 Å². The number of ether oxygens (including phenoxy) is 1. The van der Waals surface area contributed by atoms with E-state index in [0.29, 0.717) is 22.3 Å². The maximum atomic E-state index is 12.3. The third-order valence-electron chi connectivity index (χ3n) is 3.81. The Hall–Kier alpha value is -3.41. The molecule has 0 spiro atoms. The van der Waals surface area contributed by atoms with Crippen LogP contribution in [0.25, 0.3) is 21.8 Å². The zero-order valence-electron chi connectivity index (χ0n) is 12.6. The van der Waals surface area contributed by atoms with Gasteiger partial charge in [-0.2, -0.15) is 0 Å². The molecule has 2 aromatic carbocycles. The fraction of sp³-hybridized carbons (Fsp3) is 0.0556. The van der Waals surface area contributed by atoms with Crippen LogP contribution in [0.2, 0.25) is 0 Å². The van der Waals surface area contributed by atoms with Crippen LogP contribution in [0.15, 0.2) is 59.5 Å². The van der Waals surface area contributed by atoms with Gasteiger partial charge in [-0.1, -0.05) is 30.3 Å². The molecular weight excluding hydrogens is 306 g/mol. The number of hydrogen-bond donors (Lipinski definition) is 2. The van der Waals surface area contributed by atoms with Gasteiger partial charge in [0, 0.05) is 17.1 Å². The molecule has 0 aliphatic rings. The summed E-state index contributed by atoms with van der Waals surface area (Å²) in [5.74, 6) is -0.157. The molecule has 6 heteroatoms. The van der Waals surface area contributed by atoms with Crippen LogP contribution >= 0.6 is 0 Å². The van der Waals surface area contributed by atoms with Crippen molar-refractivity contribution >= 4 is 27.8 Å². The lowest BCUT2D eigenvalue weighted by molar-refractivity contribution is 0.0464. The van der Waals surface area contributed by atoms with Gasteiger partial charge >= 0.3 is 5.97 Å². The lowest BCUT2D eigenvalue weighted by Crippen LogP contribution is -2.14. The van der Waals surface area contributed by atoms with Crippen LogP contribution in [0, 0.1) is 0 Å².